The molecule has 1 aromatic rings. The number of nitrogens with zero attached hydrogens (tertiary/aromatic N) is 4. The molecule has 8 nitrogen and oxygen atoms in total. The van der Waals surface area contributed by atoms with Crippen molar-refractivity contribution in [2.24, 2.45) is 5.41 Å². The summed E-state index contributed by atoms with van der Waals surface area (Å²) in [4.78, 5) is 24.5. The van der Waals surface area contributed by atoms with Gasteiger partial charge in [0.25, 0.3) is 0 Å². The number of carbonyl (C=O) groups excluding carboxylic acids is 1. The van der Waals surface area contributed by atoms with Crippen molar-refractivity contribution in [2.75, 3.05) is 38.3 Å². The summed E-state index contributed by atoms with van der Waals surface area (Å²) in [5.74, 6) is -0.606. The lowest BCUT2D eigenvalue weighted by atomic mass is 9.80. The molecule has 4 heterocycles. The molecule has 1 aliphatic carbocycles. The van der Waals surface area contributed by atoms with Crippen molar-refractivity contribution in [3.8, 4) is 0 Å². The highest BCUT2D eigenvalue weighted by atomic mass is 19.4. The molecule has 0 unspecified atom stereocenters. The number of anilines is 1. The topological polar surface area (TPSA) is 79.8 Å². The van der Waals surface area contributed by atoms with E-state index in [1.807, 2.05) is 0 Å². The van der Waals surface area contributed by atoms with E-state index in [0.29, 0.717) is 32.5 Å². The number of ether oxygens (including phenoxy) is 2. The molecule has 3 saturated heterocycles. The molecule has 14 heteroatoms. The van der Waals surface area contributed by atoms with Crippen LogP contribution in [0.15, 0.2) is 12.3 Å². The summed E-state index contributed by atoms with van der Waals surface area (Å²) in [6.07, 6.45) is -7.80. The molecule has 1 aromatic heterocycles. The summed E-state index contributed by atoms with van der Waals surface area (Å²) in [7, 11) is 1.57. The number of hydrogen-bond donors (Lipinski definition) is 1. The maximum atomic E-state index is 13.8. The zero-order valence-electron chi connectivity index (χ0n) is 20.9. The van der Waals surface area contributed by atoms with E-state index in [9.17, 15) is 31.1 Å². The second-order valence-electron chi connectivity index (χ2n) is 10.8. The number of methoxy groups -OCH3 is 1. The molecule has 0 spiro atoms. The Balaban J connectivity index is 1.29. The van der Waals surface area contributed by atoms with Gasteiger partial charge in [-0.1, -0.05) is 0 Å². The van der Waals surface area contributed by atoms with Crippen molar-refractivity contribution >= 4 is 11.9 Å². The number of fused-ring (bicyclic) bond motifs is 2. The summed E-state index contributed by atoms with van der Waals surface area (Å²) in [6.45, 7) is 1.24. The second-order valence-corrected chi connectivity index (χ2v) is 10.8. The lowest BCUT2D eigenvalue weighted by Crippen LogP contribution is -2.55. The van der Waals surface area contributed by atoms with E-state index >= 15 is 0 Å². The van der Waals surface area contributed by atoms with E-state index in [4.69, 9.17) is 9.47 Å². The Morgan fingerprint density at radius 2 is 2.00 bits per heavy atom. The van der Waals surface area contributed by atoms with Gasteiger partial charge in [-0.2, -0.15) is 26.3 Å². The molecule has 0 aromatic carbocycles. The SMILES string of the molecule is CO[C@@H]1COCC[C@@H]1N[C@@H]1CC[C@](CC(F)(F)F)(C(=O)N2C[C@H]3C[C@H]2CN3c2nccc(C(F)(F)F)n2)C1. The van der Waals surface area contributed by atoms with Gasteiger partial charge in [-0.25, -0.2) is 9.97 Å². The van der Waals surface area contributed by atoms with Crippen molar-refractivity contribution < 1.29 is 40.6 Å². The lowest BCUT2D eigenvalue weighted by molar-refractivity contribution is -0.174. The molecule has 1 amide bonds. The minimum atomic E-state index is -4.62. The summed E-state index contributed by atoms with van der Waals surface area (Å²) in [5.41, 5.74) is -2.64. The van der Waals surface area contributed by atoms with E-state index in [2.05, 4.69) is 15.3 Å². The molecule has 4 aliphatic rings. The van der Waals surface area contributed by atoms with Crippen LogP contribution < -0.4 is 10.2 Å². The van der Waals surface area contributed by atoms with Crippen molar-refractivity contribution in [1.29, 1.82) is 0 Å². The monoisotopic (exact) mass is 551 g/mol. The lowest BCUT2D eigenvalue weighted by Gasteiger charge is -2.40. The summed E-state index contributed by atoms with van der Waals surface area (Å²) < 4.78 is 91.5. The van der Waals surface area contributed by atoms with Crippen LogP contribution in [0.3, 0.4) is 0 Å². The molecular weight excluding hydrogens is 520 g/mol. The van der Waals surface area contributed by atoms with Crippen molar-refractivity contribution in [2.45, 2.75) is 81.1 Å². The van der Waals surface area contributed by atoms with Crippen LogP contribution in [0.1, 0.15) is 44.2 Å². The molecule has 1 saturated carbocycles. The van der Waals surface area contributed by atoms with Crippen molar-refractivity contribution in [3.63, 3.8) is 0 Å². The number of nitrogens with one attached hydrogen (secondary N) is 1. The third kappa shape index (κ3) is 5.44. The Morgan fingerprint density at radius 1 is 1.21 bits per heavy atom. The predicted molar refractivity (Wildman–Crippen MR) is 122 cm³/mol. The Kier molecular flexibility index (Phi) is 7.27. The molecule has 6 atom stereocenters. The molecule has 0 radical (unpaired) electrons. The van der Waals surface area contributed by atoms with Crippen LogP contribution in [0.4, 0.5) is 32.3 Å². The molecule has 38 heavy (non-hydrogen) atoms. The molecule has 2 bridgehead atoms. The second kappa shape index (κ2) is 10.1. The number of hydrogen-bond acceptors (Lipinski definition) is 7. The van der Waals surface area contributed by atoms with E-state index in [0.717, 1.165) is 12.3 Å². The highest BCUT2D eigenvalue weighted by Gasteiger charge is 2.57. The van der Waals surface area contributed by atoms with Crippen LogP contribution in [0, 0.1) is 5.41 Å². The maximum absolute atomic E-state index is 13.8. The summed E-state index contributed by atoms with van der Waals surface area (Å²) >= 11 is 0. The number of likely N-dealkylation sites (tertiary alicyclic amines) is 1. The van der Waals surface area contributed by atoms with E-state index in [1.54, 1.807) is 12.0 Å². The highest BCUT2D eigenvalue weighted by Crippen LogP contribution is 2.49. The van der Waals surface area contributed by atoms with Crippen LogP contribution in [0.25, 0.3) is 0 Å². The van der Waals surface area contributed by atoms with Gasteiger partial charge in [0, 0.05) is 45.1 Å². The minimum absolute atomic E-state index is 0.0630. The number of halogens is 6. The number of carbonyl (C=O) groups is 1. The first-order chi connectivity index (χ1) is 17.9. The average molecular weight is 552 g/mol. The summed E-state index contributed by atoms with van der Waals surface area (Å²) in [5, 5.41) is 3.43. The zero-order valence-corrected chi connectivity index (χ0v) is 20.9. The zero-order chi connectivity index (χ0) is 27.3. The molecule has 5 rings (SSSR count). The van der Waals surface area contributed by atoms with Gasteiger partial charge in [-0.15, -0.1) is 0 Å². The van der Waals surface area contributed by atoms with Gasteiger partial charge in [0.15, 0.2) is 0 Å². The number of aromatic nitrogens is 2. The van der Waals surface area contributed by atoms with Gasteiger partial charge < -0.3 is 24.6 Å². The van der Waals surface area contributed by atoms with Crippen LogP contribution in [-0.4, -0.2) is 90.6 Å². The summed E-state index contributed by atoms with van der Waals surface area (Å²) in [6, 6.07) is -0.309. The van der Waals surface area contributed by atoms with Crippen LogP contribution >= 0.6 is 0 Å². The number of alkyl halides is 6. The Hall–Kier alpha value is -2.19. The first-order valence-electron chi connectivity index (χ1n) is 12.8. The fourth-order valence-corrected chi connectivity index (χ4v) is 6.63. The van der Waals surface area contributed by atoms with Gasteiger partial charge >= 0.3 is 12.4 Å². The van der Waals surface area contributed by atoms with E-state index in [-0.39, 0.29) is 56.1 Å². The third-order valence-corrected chi connectivity index (χ3v) is 8.35. The highest BCUT2D eigenvalue weighted by molar-refractivity contribution is 5.84. The number of amides is 1. The molecule has 4 fully saturated rings. The quantitative estimate of drug-likeness (QED) is 0.545. The predicted octanol–water partition coefficient (Wildman–Crippen LogP) is 3.17. The van der Waals surface area contributed by atoms with E-state index in [1.165, 1.54) is 4.90 Å². The first-order valence-corrected chi connectivity index (χ1v) is 12.8. The molecular formula is C24H31F6N5O3. The van der Waals surface area contributed by atoms with Gasteiger partial charge in [-0.3, -0.25) is 4.79 Å². The van der Waals surface area contributed by atoms with Crippen LogP contribution in [0.2, 0.25) is 0 Å². The van der Waals surface area contributed by atoms with Gasteiger partial charge in [0.2, 0.25) is 11.9 Å². The van der Waals surface area contributed by atoms with Crippen molar-refractivity contribution in [3.05, 3.63) is 18.0 Å². The Morgan fingerprint density at radius 3 is 2.66 bits per heavy atom. The van der Waals surface area contributed by atoms with Crippen LogP contribution in [-0.2, 0) is 20.4 Å². The van der Waals surface area contributed by atoms with Gasteiger partial charge in [-0.05, 0) is 38.2 Å². The molecule has 3 aliphatic heterocycles. The minimum Gasteiger partial charge on any atom is -0.379 e. The largest absolute Gasteiger partial charge is 0.433 e. The number of rotatable bonds is 6. The Labute approximate surface area is 216 Å². The Bertz CT molecular complexity index is 1030. The van der Waals surface area contributed by atoms with Crippen LogP contribution in [0.5, 0.6) is 0 Å². The average Bonchev–Trinajstić information content (AvgIpc) is 3.58. The molecule has 212 valence electrons. The normalized spacial score (nSPS) is 33.8. The fraction of sp³-hybridized carbons (Fsp3) is 0.792. The first kappa shape index (κ1) is 27.4. The number of piperazine rings is 1. The van der Waals surface area contributed by atoms with Crippen molar-refractivity contribution in [1.82, 2.24) is 20.2 Å². The maximum Gasteiger partial charge on any atom is 0.433 e. The standard InChI is InChI=1S/C24H31F6N5O3/c1-37-18-12-38-7-4-17(18)32-14-2-5-22(9-14,13-23(25,26)27)20(36)34-10-16-8-15(34)11-35(16)21-31-6-3-19(33-21)24(28,29)30/h3,6,14-18,32H,2,4-5,7-13H2,1H3/t14-,15+,16-,17+,18-,22+/m1/s1. The van der Waals surface area contributed by atoms with E-state index < -0.39 is 41.8 Å². The van der Waals surface area contributed by atoms with Gasteiger partial charge in [0.1, 0.15) is 5.69 Å². The molecule has 1 N–H and O–H groups in total. The van der Waals surface area contributed by atoms with Gasteiger partial charge in [0.05, 0.1) is 36.6 Å². The third-order valence-electron chi connectivity index (χ3n) is 8.35. The smallest absolute Gasteiger partial charge is 0.379 e. The fourth-order valence-electron chi connectivity index (χ4n) is 6.63.